The van der Waals surface area contributed by atoms with Crippen LogP contribution in [0, 0.1) is 10.8 Å². The summed E-state index contributed by atoms with van der Waals surface area (Å²) in [5.41, 5.74) is -0.319. The summed E-state index contributed by atoms with van der Waals surface area (Å²) in [4.78, 5) is 47.3. The maximum atomic E-state index is 13.8. The third-order valence-electron chi connectivity index (χ3n) is 6.85. The van der Waals surface area contributed by atoms with Crippen LogP contribution < -0.4 is 16.0 Å². The fraction of sp³-hybridized carbons (Fsp3) is 0.800. The highest BCUT2D eigenvalue weighted by Gasteiger charge is 2.43. The molecule has 0 bridgehead atoms. The van der Waals surface area contributed by atoms with Crippen LogP contribution in [-0.2, 0) is 28.5 Å². The smallest absolute Gasteiger partial charge is 0.425 e. The van der Waals surface area contributed by atoms with Crippen LogP contribution in [0.15, 0.2) is 12.2 Å². The van der Waals surface area contributed by atoms with Crippen molar-refractivity contribution in [2.45, 2.75) is 98.1 Å². The van der Waals surface area contributed by atoms with Gasteiger partial charge in [0.1, 0.15) is 6.61 Å². The van der Waals surface area contributed by atoms with Crippen molar-refractivity contribution in [2.24, 2.45) is 10.8 Å². The number of hydrogen-bond donors (Lipinski definition) is 3. The summed E-state index contributed by atoms with van der Waals surface area (Å²) in [5.74, 6) is -0.512. The van der Waals surface area contributed by atoms with Crippen molar-refractivity contribution in [3.05, 3.63) is 12.2 Å². The molecule has 0 heterocycles. The number of unbranched alkanes of at least 4 members (excludes halogenated alkanes) is 4. The molecule has 0 spiro atoms. The third-order valence-corrected chi connectivity index (χ3v) is 6.85. The van der Waals surface area contributed by atoms with E-state index in [-0.39, 0.29) is 44.0 Å². The standard InChI is InChI=1S/C30H51F2N3O9/c1-7-40-21-30(31,32)44-27(39)35-23-17-28(4,5)19-29(6,18-23)20-34-26(38)43-15-12-10-8-9-11-14-42-25(37)33-13-16-41-24(36)22(2)3/h23H,2,7-21H2,1,3-6H3,(H,33,37)(H,34,38)(H,35,39). The molecule has 2 unspecified atom stereocenters. The largest absolute Gasteiger partial charge is 0.460 e. The molecule has 1 fully saturated rings. The first-order valence-electron chi connectivity index (χ1n) is 15.2. The van der Waals surface area contributed by atoms with Gasteiger partial charge in [0.25, 0.3) is 0 Å². The number of carbonyl (C=O) groups excluding carboxylic acids is 4. The lowest BCUT2D eigenvalue weighted by molar-refractivity contribution is -0.229. The second kappa shape index (κ2) is 19.3. The summed E-state index contributed by atoms with van der Waals surface area (Å²) in [6.45, 7) is 12.7. The van der Waals surface area contributed by atoms with E-state index < -0.39 is 48.4 Å². The van der Waals surface area contributed by atoms with Crippen LogP contribution >= 0.6 is 0 Å². The van der Waals surface area contributed by atoms with Crippen molar-refractivity contribution in [1.82, 2.24) is 16.0 Å². The SMILES string of the molecule is C=C(C)C(=O)OCCNC(=O)OCCCCCCCOC(=O)NCC1(C)CC(NC(=O)OC(F)(F)COCC)CC(C)(C)C1. The average molecular weight is 636 g/mol. The molecule has 0 aromatic heterocycles. The van der Waals surface area contributed by atoms with Crippen molar-refractivity contribution >= 4 is 24.2 Å². The number of ether oxygens (including phenoxy) is 5. The molecular weight excluding hydrogens is 584 g/mol. The molecule has 0 aromatic carbocycles. The monoisotopic (exact) mass is 635 g/mol. The second-order valence-electron chi connectivity index (χ2n) is 12.3. The maximum absolute atomic E-state index is 13.8. The van der Waals surface area contributed by atoms with Gasteiger partial charge in [-0.25, -0.2) is 19.2 Å². The Morgan fingerprint density at radius 3 is 2.05 bits per heavy atom. The predicted molar refractivity (Wildman–Crippen MR) is 158 cm³/mol. The number of carbonyl (C=O) groups is 4. The summed E-state index contributed by atoms with van der Waals surface area (Å²) in [7, 11) is 0. The van der Waals surface area contributed by atoms with Crippen molar-refractivity contribution in [3.63, 3.8) is 0 Å². The molecule has 254 valence electrons. The van der Waals surface area contributed by atoms with Gasteiger partial charge in [-0.1, -0.05) is 46.6 Å². The number of alkyl carbamates (subject to hydrolysis) is 3. The van der Waals surface area contributed by atoms with Crippen LogP contribution in [0.2, 0.25) is 0 Å². The molecule has 1 aliphatic rings. The van der Waals surface area contributed by atoms with E-state index in [9.17, 15) is 28.0 Å². The second-order valence-corrected chi connectivity index (χ2v) is 12.3. The number of halogens is 2. The van der Waals surface area contributed by atoms with Crippen LogP contribution in [0.1, 0.15) is 86.0 Å². The van der Waals surface area contributed by atoms with E-state index in [1.807, 2.05) is 20.8 Å². The zero-order valence-corrected chi connectivity index (χ0v) is 26.8. The van der Waals surface area contributed by atoms with Gasteiger partial charge in [-0.05, 0) is 56.8 Å². The fourth-order valence-corrected chi connectivity index (χ4v) is 5.32. The number of amides is 3. The predicted octanol–water partition coefficient (Wildman–Crippen LogP) is 5.45. The van der Waals surface area contributed by atoms with Crippen LogP contribution in [0.3, 0.4) is 0 Å². The molecular formula is C30H51F2N3O9. The summed E-state index contributed by atoms with van der Waals surface area (Å²) in [6.07, 6.45) is -0.301. The van der Waals surface area contributed by atoms with Gasteiger partial charge in [-0.15, -0.1) is 0 Å². The molecule has 1 saturated carbocycles. The third kappa shape index (κ3) is 17.8. The van der Waals surface area contributed by atoms with E-state index in [4.69, 9.17) is 14.2 Å². The summed E-state index contributed by atoms with van der Waals surface area (Å²) in [6, 6.07) is -0.407. The summed E-state index contributed by atoms with van der Waals surface area (Å²) >= 11 is 0. The molecule has 2 atom stereocenters. The molecule has 0 radical (unpaired) electrons. The van der Waals surface area contributed by atoms with Crippen molar-refractivity contribution in [1.29, 1.82) is 0 Å². The first-order chi connectivity index (χ1) is 20.6. The highest BCUT2D eigenvalue weighted by atomic mass is 19.3. The number of hydrogen-bond acceptors (Lipinski definition) is 9. The minimum Gasteiger partial charge on any atom is -0.460 e. The molecule has 14 heteroatoms. The maximum Gasteiger partial charge on any atom is 0.425 e. The number of nitrogens with one attached hydrogen (secondary N) is 3. The molecule has 0 aliphatic heterocycles. The first-order valence-corrected chi connectivity index (χ1v) is 15.2. The Morgan fingerprint density at radius 2 is 1.45 bits per heavy atom. The topological polar surface area (TPSA) is 151 Å². The molecule has 0 aromatic rings. The molecule has 3 amide bonds. The minimum absolute atomic E-state index is 0.0378. The lowest BCUT2D eigenvalue weighted by Gasteiger charge is -2.46. The van der Waals surface area contributed by atoms with Gasteiger partial charge >= 0.3 is 30.4 Å². The highest BCUT2D eigenvalue weighted by molar-refractivity contribution is 5.86. The van der Waals surface area contributed by atoms with Gasteiger partial charge in [0.15, 0.2) is 6.61 Å². The van der Waals surface area contributed by atoms with Crippen LogP contribution in [0.4, 0.5) is 23.2 Å². The Balaban J connectivity index is 2.21. The fourth-order valence-electron chi connectivity index (χ4n) is 5.32. The van der Waals surface area contributed by atoms with Crippen LogP contribution in [0.5, 0.6) is 0 Å². The molecule has 0 saturated heterocycles. The van der Waals surface area contributed by atoms with E-state index in [2.05, 4.69) is 32.0 Å². The number of alkyl halides is 2. The van der Waals surface area contributed by atoms with Crippen molar-refractivity contribution in [2.75, 3.05) is 46.1 Å². The van der Waals surface area contributed by atoms with E-state index in [1.54, 1.807) is 6.92 Å². The van der Waals surface area contributed by atoms with Gasteiger partial charge in [0.2, 0.25) is 0 Å². The van der Waals surface area contributed by atoms with Crippen LogP contribution in [0.25, 0.3) is 0 Å². The lowest BCUT2D eigenvalue weighted by atomic mass is 9.62. The van der Waals surface area contributed by atoms with Crippen LogP contribution in [-0.4, -0.2) is 82.5 Å². The molecule has 3 N–H and O–H groups in total. The quantitative estimate of drug-likeness (QED) is 0.0729. The van der Waals surface area contributed by atoms with Gasteiger partial charge in [0.05, 0.1) is 19.8 Å². The normalized spacial score (nSPS) is 19.3. The van der Waals surface area contributed by atoms with Gasteiger partial charge in [-0.3, -0.25) is 0 Å². The summed E-state index contributed by atoms with van der Waals surface area (Å²) in [5, 5.41) is 7.85. The zero-order chi connectivity index (χ0) is 33.2. The van der Waals surface area contributed by atoms with Crippen molar-refractivity contribution in [3.8, 4) is 0 Å². The lowest BCUT2D eigenvalue weighted by Crippen LogP contribution is -2.51. The van der Waals surface area contributed by atoms with Gasteiger partial charge < -0.3 is 39.6 Å². The molecule has 1 aliphatic carbocycles. The van der Waals surface area contributed by atoms with Gasteiger partial charge in [-0.2, -0.15) is 8.78 Å². The molecule has 44 heavy (non-hydrogen) atoms. The first kappa shape index (κ1) is 38.9. The Bertz CT molecular complexity index is 949. The average Bonchev–Trinajstić information content (AvgIpc) is 2.90. The highest BCUT2D eigenvalue weighted by Crippen LogP contribution is 2.45. The van der Waals surface area contributed by atoms with E-state index in [1.165, 1.54) is 6.92 Å². The van der Waals surface area contributed by atoms with E-state index in [0.29, 0.717) is 32.2 Å². The molecule has 1 rings (SSSR count). The Hall–Kier alpha value is -3.16. The molecule has 12 nitrogen and oxygen atoms in total. The minimum atomic E-state index is -3.72. The Kier molecular flexibility index (Phi) is 17.0. The van der Waals surface area contributed by atoms with Gasteiger partial charge in [0, 0.05) is 24.8 Å². The Morgan fingerprint density at radius 1 is 0.864 bits per heavy atom. The number of rotatable bonds is 19. The number of esters is 1. The summed E-state index contributed by atoms with van der Waals surface area (Å²) < 4.78 is 51.7. The van der Waals surface area contributed by atoms with Crippen molar-refractivity contribution < 1.29 is 51.6 Å². The zero-order valence-electron chi connectivity index (χ0n) is 26.8. The van der Waals surface area contributed by atoms with E-state index >= 15 is 0 Å². The Labute approximate surface area is 259 Å². The van der Waals surface area contributed by atoms with E-state index in [0.717, 1.165) is 25.7 Å².